The fourth-order valence-corrected chi connectivity index (χ4v) is 6.36. The van der Waals surface area contributed by atoms with E-state index in [4.69, 9.17) is 9.84 Å². The normalized spacial score (nSPS) is 16.6. The van der Waals surface area contributed by atoms with E-state index in [1.807, 2.05) is 54.8 Å². The Kier molecular flexibility index (Phi) is 8.43. The fraction of sp³-hybridized carbons (Fsp3) is 0.257. The van der Waals surface area contributed by atoms with Crippen molar-refractivity contribution < 1.29 is 29.0 Å². The van der Waals surface area contributed by atoms with Crippen LogP contribution in [0.1, 0.15) is 37.0 Å². The van der Waals surface area contributed by atoms with E-state index in [1.165, 1.54) is 0 Å². The summed E-state index contributed by atoms with van der Waals surface area (Å²) < 4.78 is 6.30. The number of carboxylic acid groups (broad SMARTS) is 1. The predicted molar refractivity (Wildman–Crippen MR) is 182 cm³/mol. The molecule has 1 atom stereocenters. The molecule has 3 aliphatic rings. The molecular formula is C35H34N8O6. The van der Waals surface area contributed by atoms with E-state index in [1.54, 1.807) is 45.3 Å². The van der Waals surface area contributed by atoms with Gasteiger partial charge in [0.2, 0.25) is 11.8 Å². The second-order valence-electron chi connectivity index (χ2n) is 12.1. The lowest BCUT2D eigenvalue weighted by Crippen LogP contribution is -2.32. The Hall–Kier alpha value is -6.18. The Balaban J connectivity index is 1.01. The number of carbonyl (C=O) groups excluding carboxylic acids is 3. The van der Waals surface area contributed by atoms with Crippen molar-refractivity contribution in [2.45, 2.75) is 32.4 Å². The average molecular weight is 663 g/mol. The lowest BCUT2D eigenvalue weighted by Gasteiger charge is -2.28. The van der Waals surface area contributed by atoms with Gasteiger partial charge in [-0.1, -0.05) is 12.1 Å². The molecule has 3 aliphatic heterocycles. The third-order valence-electron chi connectivity index (χ3n) is 8.71. The minimum atomic E-state index is -1.28. The second-order valence-corrected chi connectivity index (χ2v) is 12.1. The van der Waals surface area contributed by atoms with Gasteiger partial charge in [-0.2, -0.15) is 0 Å². The molecule has 2 aromatic heterocycles. The lowest BCUT2D eigenvalue weighted by molar-refractivity contribution is -0.117. The summed E-state index contributed by atoms with van der Waals surface area (Å²) in [5.41, 5.74) is 6.34. The van der Waals surface area contributed by atoms with Crippen molar-refractivity contribution in [2.75, 3.05) is 46.6 Å². The summed E-state index contributed by atoms with van der Waals surface area (Å²) >= 11 is 0. The summed E-state index contributed by atoms with van der Waals surface area (Å²) in [5, 5.41) is 16.7. The van der Waals surface area contributed by atoms with Crippen molar-refractivity contribution in [1.82, 2.24) is 20.2 Å². The summed E-state index contributed by atoms with van der Waals surface area (Å²) in [5.74, 6) is 0.975. The standard InChI is InChI=1S/C35H34N8O6/c1-21-28-15-31(37-18-29(28)27-8-7-25(14-30(27)49-21)42-9-3-6-33(42)45)39-24-13-26(17-36-16-24)43-11-10-41(35(43)48)20-22-4-2-5-23(12-22)40-32(44)19-38-34(46)47/h2,4-5,7-8,12-18,21,38H,3,6,9-11,19-20H2,1H3,(H,37,39)(H,40,44)(H,46,47). The minimum absolute atomic E-state index is 0.132. The van der Waals surface area contributed by atoms with E-state index in [9.17, 15) is 19.2 Å². The SMILES string of the molecule is CC1Oc2cc(N3CCCC3=O)ccc2-c2cnc(Nc3cncc(N4CCN(Cc5cccc(NC(=O)CNC(=O)O)c5)C4=O)c3)cc21. The van der Waals surface area contributed by atoms with E-state index in [2.05, 4.69) is 20.6 Å². The van der Waals surface area contributed by atoms with Gasteiger partial charge in [0.1, 0.15) is 24.2 Å². The number of hydrogen-bond acceptors (Lipinski definition) is 8. The van der Waals surface area contributed by atoms with E-state index >= 15 is 0 Å². The van der Waals surface area contributed by atoms with Crippen molar-refractivity contribution in [3.05, 3.63) is 84.3 Å². The number of amides is 5. The first kappa shape index (κ1) is 31.4. The van der Waals surface area contributed by atoms with Crippen LogP contribution >= 0.6 is 0 Å². The summed E-state index contributed by atoms with van der Waals surface area (Å²) in [6, 6.07) is 16.6. The molecule has 0 saturated carbocycles. The summed E-state index contributed by atoms with van der Waals surface area (Å²) in [7, 11) is 0. The van der Waals surface area contributed by atoms with E-state index in [-0.39, 0.29) is 24.6 Å². The van der Waals surface area contributed by atoms with Crippen molar-refractivity contribution in [1.29, 1.82) is 0 Å². The summed E-state index contributed by atoms with van der Waals surface area (Å²) in [6.45, 7) is 3.64. The molecule has 5 amide bonds. The third kappa shape index (κ3) is 6.66. The number of hydrogen-bond donors (Lipinski definition) is 4. The van der Waals surface area contributed by atoms with Crippen LogP contribution < -0.4 is 30.5 Å². The molecule has 0 spiro atoms. The van der Waals surface area contributed by atoms with Gasteiger partial charge in [-0.3, -0.25) is 19.5 Å². The number of fused-ring (bicyclic) bond motifs is 3. The number of ether oxygens (including phenoxy) is 1. The van der Waals surface area contributed by atoms with Gasteiger partial charge < -0.3 is 35.6 Å². The zero-order valence-electron chi connectivity index (χ0n) is 26.7. The molecule has 2 fully saturated rings. The first-order valence-corrected chi connectivity index (χ1v) is 16.0. The van der Waals surface area contributed by atoms with Crippen LogP contribution in [0.2, 0.25) is 0 Å². The van der Waals surface area contributed by atoms with Gasteiger partial charge in [-0.15, -0.1) is 0 Å². The molecule has 1 unspecified atom stereocenters. The number of anilines is 5. The Labute approximate surface area is 281 Å². The molecular weight excluding hydrogens is 628 g/mol. The highest BCUT2D eigenvalue weighted by Crippen LogP contribution is 2.44. The Morgan fingerprint density at radius 1 is 0.939 bits per heavy atom. The van der Waals surface area contributed by atoms with E-state index < -0.39 is 12.0 Å². The Bertz CT molecular complexity index is 1970. The quantitative estimate of drug-likeness (QED) is 0.190. The molecule has 0 aliphatic carbocycles. The van der Waals surface area contributed by atoms with Gasteiger partial charge >= 0.3 is 12.1 Å². The molecule has 250 valence electrons. The van der Waals surface area contributed by atoms with Crippen molar-refractivity contribution in [2.24, 2.45) is 0 Å². The van der Waals surface area contributed by atoms with Crippen LogP contribution in [0.25, 0.3) is 11.1 Å². The second kappa shape index (κ2) is 13.1. The third-order valence-corrected chi connectivity index (χ3v) is 8.71. The van der Waals surface area contributed by atoms with E-state index in [0.29, 0.717) is 48.9 Å². The molecule has 14 heteroatoms. The highest BCUT2D eigenvalue weighted by atomic mass is 16.5. The van der Waals surface area contributed by atoms with Gasteiger partial charge in [-0.25, -0.2) is 14.6 Å². The van der Waals surface area contributed by atoms with Crippen molar-refractivity contribution in [3.8, 4) is 16.9 Å². The minimum Gasteiger partial charge on any atom is -0.485 e. The first-order valence-electron chi connectivity index (χ1n) is 16.0. The summed E-state index contributed by atoms with van der Waals surface area (Å²) in [4.78, 5) is 62.6. The van der Waals surface area contributed by atoms with Gasteiger partial charge in [0, 0.05) is 72.9 Å². The van der Waals surface area contributed by atoms with Crippen LogP contribution in [0.4, 0.5) is 38.2 Å². The molecule has 49 heavy (non-hydrogen) atoms. The summed E-state index contributed by atoms with van der Waals surface area (Å²) in [6.07, 6.45) is 5.05. The monoisotopic (exact) mass is 662 g/mol. The van der Waals surface area contributed by atoms with Crippen molar-refractivity contribution >= 4 is 52.5 Å². The maximum atomic E-state index is 13.4. The maximum Gasteiger partial charge on any atom is 0.405 e. The number of pyridine rings is 2. The number of benzene rings is 2. The molecule has 2 aromatic carbocycles. The molecule has 0 radical (unpaired) electrons. The highest BCUT2D eigenvalue weighted by Gasteiger charge is 2.31. The van der Waals surface area contributed by atoms with Gasteiger partial charge in [0.25, 0.3) is 0 Å². The molecule has 4 aromatic rings. The zero-order valence-corrected chi connectivity index (χ0v) is 26.7. The van der Waals surface area contributed by atoms with E-state index in [0.717, 1.165) is 46.7 Å². The van der Waals surface area contributed by atoms with Crippen LogP contribution in [0, 0.1) is 0 Å². The Morgan fingerprint density at radius 2 is 1.82 bits per heavy atom. The van der Waals surface area contributed by atoms with Crippen LogP contribution in [0.3, 0.4) is 0 Å². The molecule has 5 heterocycles. The lowest BCUT2D eigenvalue weighted by atomic mass is 9.94. The maximum absolute atomic E-state index is 13.4. The fourth-order valence-electron chi connectivity index (χ4n) is 6.36. The smallest absolute Gasteiger partial charge is 0.405 e. The average Bonchev–Trinajstić information content (AvgIpc) is 3.68. The van der Waals surface area contributed by atoms with Crippen LogP contribution in [0.15, 0.2) is 73.2 Å². The number of carbonyl (C=O) groups is 4. The largest absolute Gasteiger partial charge is 0.485 e. The number of nitrogens with one attached hydrogen (secondary N) is 3. The van der Waals surface area contributed by atoms with Gasteiger partial charge in [0.05, 0.1) is 23.8 Å². The molecule has 4 N–H and O–H groups in total. The number of urea groups is 1. The molecule has 7 rings (SSSR count). The number of aromatic nitrogens is 2. The zero-order chi connectivity index (χ0) is 34.1. The van der Waals surface area contributed by atoms with Crippen molar-refractivity contribution in [3.63, 3.8) is 0 Å². The number of nitrogens with zero attached hydrogens (tertiary/aromatic N) is 5. The first-order chi connectivity index (χ1) is 23.7. The topological polar surface area (TPSA) is 169 Å². The van der Waals surface area contributed by atoms with Gasteiger partial charge in [-0.05, 0) is 55.3 Å². The molecule has 14 nitrogen and oxygen atoms in total. The van der Waals surface area contributed by atoms with Crippen LogP contribution in [-0.4, -0.2) is 70.1 Å². The van der Waals surface area contributed by atoms with Crippen LogP contribution in [-0.2, 0) is 16.1 Å². The van der Waals surface area contributed by atoms with Crippen LogP contribution in [0.5, 0.6) is 5.75 Å². The van der Waals surface area contributed by atoms with Gasteiger partial charge in [0.15, 0.2) is 0 Å². The molecule has 2 saturated heterocycles. The molecule has 0 bridgehead atoms. The predicted octanol–water partition coefficient (Wildman–Crippen LogP) is 5.12. The number of rotatable bonds is 9. The highest BCUT2D eigenvalue weighted by molar-refractivity contribution is 5.97. The Morgan fingerprint density at radius 3 is 2.63 bits per heavy atom.